The number of fused-ring (bicyclic) bond motifs is 1. The van der Waals surface area contributed by atoms with Crippen LogP contribution in [-0.2, 0) is 38.1 Å². The van der Waals surface area contributed by atoms with Gasteiger partial charge >= 0.3 is 12.1 Å². The van der Waals surface area contributed by atoms with Crippen LogP contribution in [0.25, 0.3) is 10.6 Å². The van der Waals surface area contributed by atoms with E-state index in [1.165, 1.54) is 25.4 Å². The highest BCUT2D eigenvalue weighted by Crippen LogP contribution is 2.41. The number of likely N-dealkylation sites (N-methyl/N-ethyl adjacent to an activating group) is 1. The van der Waals surface area contributed by atoms with Crippen molar-refractivity contribution in [1.29, 1.82) is 0 Å². The predicted molar refractivity (Wildman–Crippen MR) is 219 cm³/mol. The zero-order valence-electron chi connectivity index (χ0n) is 35.5. The highest BCUT2D eigenvalue weighted by Gasteiger charge is 2.57. The number of nitrogens with one attached hydrogen (secondary N) is 1. The van der Waals surface area contributed by atoms with Gasteiger partial charge in [-0.1, -0.05) is 50.8 Å². The number of Topliss-reactive ketones (excluding diaryl/α,β-unsaturated/α-hetero) is 1. The fourth-order valence-corrected chi connectivity index (χ4v) is 9.30. The number of carbonyl (C=O) groups is 3. The first-order chi connectivity index (χ1) is 27.4. The van der Waals surface area contributed by atoms with Crippen LogP contribution >= 0.6 is 11.3 Å². The number of ketones is 1. The van der Waals surface area contributed by atoms with Crippen molar-refractivity contribution in [2.45, 2.75) is 129 Å². The topological polar surface area (TPSA) is 167 Å². The average molecular weight is 825 g/mol. The maximum absolute atomic E-state index is 14.4. The van der Waals surface area contributed by atoms with E-state index < -0.39 is 83.4 Å². The van der Waals surface area contributed by atoms with E-state index in [9.17, 15) is 19.5 Å². The third-order valence-electron chi connectivity index (χ3n) is 12.2. The summed E-state index contributed by atoms with van der Waals surface area (Å²) in [7, 11) is 5.22. The van der Waals surface area contributed by atoms with Crippen molar-refractivity contribution in [2.75, 3.05) is 27.8 Å². The number of carbonyl (C=O) groups excluding carboxylic acids is 3. The number of rotatable bonds is 8. The van der Waals surface area contributed by atoms with Crippen LogP contribution in [0.1, 0.15) is 79.5 Å². The lowest BCUT2D eigenvalue weighted by molar-refractivity contribution is -0.277. The molecule has 2 aromatic rings. The number of pyridine rings is 1. The molecule has 318 valence electrons. The number of nitrogens with zero attached hydrogens (tertiary/aromatic N) is 3. The van der Waals surface area contributed by atoms with Crippen LogP contribution in [0.4, 0.5) is 4.79 Å². The molecule has 13 atom stereocenters. The molecule has 0 radical (unpaired) electrons. The second kappa shape index (κ2) is 19.0. The number of cyclic esters (lactones) is 1. The minimum absolute atomic E-state index is 0.00866. The van der Waals surface area contributed by atoms with E-state index in [1.807, 2.05) is 83.9 Å². The maximum Gasteiger partial charge on any atom is 0.408 e. The Morgan fingerprint density at radius 3 is 2.48 bits per heavy atom. The van der Waals surface area contributed by atoms with Gasteiger partial charge in [-0.05, 0) is 78.9 Å². The van der Waals surface area contributed by atoms with E-state index in [4.69, 9.17) is 28.5 Å². The number of aliphatic hydroxyl groups is 1. The Bertz CT molecular complexity index is 1850. The normalized spacial score (nSPS) is 36.9. The molecule has 3 fully saturated rings. The molecular weight excluding hydrogens is 765 g/mol. The molecule has 0 saturated carbocycles. The molecule has 3 saturated heterocycles. The number of oxime groups is 1. The van der Waals surface area contributed by atoms with Crippen LogP contribution in [0.2, 0.25) is 0 Å². The summed E-state index contributed by atoms with van der Waals surface area (Å²) in [6.45, 7) is 14.4. The number of hydrogen-bond acceptors (Lipinski definition) is 14. The zero-order valence-corrected chi connectivity index (χ0v) is 36.3. The van der Waals surface area contributed by atoms with Crippen LogP contribution in [0.15, 0.2) is 41.7 Å². The van der Waals surface area contributed by atoms with Crippen LogP contribution in [-0.4, -0.2) is 120 Å². The van der Waals surface area contributed by atoms with Gasteiger partial charge in [-0.15, -0.1) is 11.3 Å². The Balaban J connectivity index is 1.58. The van der Waals surface area contributed by atoms with Crippen molar-refractivity contribution in [3.8, 4) is 22.4 Å². The molecular formula is C43H60N4O10S. The molecule has 0 aliphatic carbocycles. The van der Waals surface area contributed by atoms with Crippen molar-refractivity contribution in [3.63, 3.8) is 0 Å². The Hall–Kier alpha value is -3.91. The lowest BCUT2D eigenvalue weighted by atomic mass is 9.72. The number of amides is 1. The van der Waals surface area contributed by atoms with Gasteiger partial charge in [-0.3, -0.25) is 14.6 Å². The fraction of sp³-hybridized carbons (Fsp3) is 0.651. The van der Waals surface area contributed by atoms with Gasteiger partial charge in [-0.25, -0.2) is 4.79 Å². The molecule has 5 heterocycles. The Labute approximate surface area is 346 Å². The van der Waals surface area contributed by atoms with Crippen molar-refractivity contribution in [2.24, 2.45) is 28.8 Å². The highest BCUT2D eigenvalue weighted by atomic mass is 32.1. The second-order valence-electron chi connectivity index (χ2n) is 16.4. The molecule has 0 spiro atoms. The minimum atomic E-state index is -1.33. The summed E-state index contributed by atoms with van der Waals surface area (Å²) in [5, 5.41) is 19.0. The van der Waals surface area contributed by atoms with Gasteiger partial charge in [0, 0.05) is 36.4 Å². The smallest absolute Gasteiger partial charge is 0.408 e. The maximum atomic E-state index is 14.4. The number of aliphatic hydroxyl groups excluding tert-OH is 1. The summed E-state index contributed by atoms with van der Waals surface area (Å²) in [5.41, 5.74) is -1.11. The van der Waals surface area contributed by atoms with Gasteiger partial charge in [0.2, 0.25) is 0 Å². The number of esters is 1. The Morgan fingerprint density at radius 1 is 1.09 bits per heavy atom. The summed E-state index contributed by atoms with van der Waals surface area (Å²) < 4.78 is 31.7. The summed E-state index contributed by atoms with van der Waals surface area (Å²) in [4.78, 5) is 54.9. The molecule has 15 heteroatoms. The van der Waals surface area contributed by atoms with Crippen molar-refractivity contribution in [1.82, 2.24) is 15.2 Å². The monoisotopic (exact) mass is 824 g/mol. The first-order valence-corrected chi connectivity index (χ1v) is 20.9. The largest absolute Gasteiger partial charge is 0.458 e. The number of thiophene rings is 1. The van der Waals surface area contributed by atoms with E-state index in [2.05, 4.69) is 27.3 Å². The van der Waals surface area contributed by atoms with Gasteiger partial charge < -0.3 is 43.8 Å². The lowest BCUT2D eigenvalue weighted by Gasteiger charge is -2.46. The third kappa shape index (κ3) is 9.75. The van der Waals surface area contributed by atoms with E-state index in [0.717, 1.165) is 15.4 Å². The van der Waals surface area contributed by atoms with Gasteiger partial charge in [0.25, 0.3) is 0 Å². The van der Waals surface area contributed by atoms with Gasteiger partial charge in [0.05, 0.1) is 45.0 Å². The molecule has 2 aromatic heterocycles. The molecule has 2 unspecified atom stereocenters. The summed E-state index contributed by atoms with van der Waals surface area (Å²) >= 11 is 1.52. The molecule has 0 bridgehead atoms. The molecule has 1 amide bonds. The van der Waals surface area contributed by atoms with E-state index in [-0.39, 0.29) is 25.2 Å². The van der Waals surface area contributed by atoms with E-state index >= 15 is 0 Å². The number of aromatic nitrogens is 1. The zero-order chi connectivity index (χ0) is 42.5. The molecule has 0 aromatic carbocycles. The fourth-order valence-electron chi connectivity index (χ4n) is 8.44. The SMILES string of the molecule is CC[C@H]1OC(=O)[C@H](C)C(=O)[C@H](C)[C@@H](OC2O[C@H](C)C[C@H](N(C)C)[C@H]2O)C[C@@](C)(OCC#Cc2ccc(-c3ccccn3)s2)[C@@H](C)/C(=N\OC)[C@H](C)C2NC(=O)O[C@@]21C. The number of hydrogen-bond donors (Lipinski definition) is 2. The standard InChI is InChI=1S/C43H60N4O10S/c1-12-34-43(8)38(45-41(51)57-43)26(4)35(46-52-11)28(6)42(7,53-21-15-16-29-18-19-33(58-29)30-17-13-14-20-44-30)23-32(25(3)36(48)27(5)39(50)56-34)55-40-37(49)31(47(9)10)22-24(2)54-40/h13-14,17-20,24-28,31-32,34,37-38,40,49H,12,21-23H2,1-11H3,(H,45,51)/b46-35-/t24-,25-,26+,27-,28+,31+,32+,34-,37-,38?,40?,42-,43-/m1/s1. The van der Waals surface area contributed by atoms with Gasteiger partial charge in [-0.2, -0.15) is 0 Å². The predicted octanol–water partition coefficient (Wildman–Crippen LogP) is 5.46. The first-order valence-electron chi connectivity index (χ1n) is 20.1. The highest BCUT2D eigenvalue weighted by molar-refractivity contribution is 7.16. The molecule has 5 rings (SSSR count). The lowest BCUT2D eigenvalue weighted by Crippen LogP contribution is -2.59. The van der Waals surface area contributed by atoms with Crippen molar-refractivity contribution >= 4 is 34.9 Å². The Kier molecular flexibility index (Phi) is 14.8. The Morgan fingerprint density at radius 2 is 1.83 bits per heavy atom. The first kappa shape index (κ1) is 45.2. The second-order valence-corrected chi connectivity index (χ2v) is 17.5. The van der Waals surface area contributed by atoms with Crippen molar-refractivity contribution in [3.05, 3.63) is 41.4 Å². The van der Waals surface area contributed by atoms with Crippen molar-refractivity contribution < 1.29 is 48.0 Å². The summed E-state index contributed by atoms with van der Waals surface area (Å²) in [6.07, 6.45) is -2.19. The van der Waals surface area contributed by atoms with Crippen LogP contribution in [0.5, 0.6) is 0 Å². The molecule has 14 nitrogen and oxygen atoms in total. The molecule has 3 aliphatic rings. The quantitative estimate of drug-likeness (QED) is 0.150. The van der Waals surface area contributed by atoms with E-state index in [1.54, 1.807) is 20.0 Å². The number of alkyl carbamates (subject to hydrolysis) is 1. The summed E-state index contributed by atoms with van der Waals surface area (Å²) in [5.74, 6) is 2.03. The van der Waals surface area contributed by atoms with Crippen LogP contribution < -0.4 is 5.32 Å². The third-order valence-corrected chi connectivity index (χ3v) is 13.2. The van der Waals surface area contributed by atoms with Gasteiger partial charge in [0.15, 0.2) is 17.7 Å². The summed E-state index contributed by atoms with van der Waals surface area (Å²) in [6, 6.07) is 8.69. The van der Waals surface area contributed by atoms with Gasteiger partial charge in [0.1, 0.15) is 31.8 Å². The van der Waals surface area contributed by atoms with E-state index in [0.29, 0.717) is 18.6 Å². The minimum Gasteiger partial charge on any atom is -0.458 e. The molecule has 3 aliphatic heterocycles. The average Bonchev–Trinajstić information content (AvgIpc) is 3.80. The number of ether oxygens (including phenoxy) is 5. The molecule has 58 heavy (non-hydrogen) atoms. The van der Waals surface area contributed by atoms with Crippen LogP contribution in [0.3, 0.4) is 0 Å². The van der Waals surface area contributed by atoms with Crippen LogP contribution in [0, 0.1) is 35.5 Å². The molecule has 2 N–H and O–H groups in total.